The zero-order valence-corrected chi connectivity index (χ0v) is 16.4. The third-order valence-electron chi connectivity index (χ3n) is 5.22. The molecule has 0 aliphatic heterocycles. The summed E-state index contributed by atoms with van der Waals surface area (Å²) in [6.45, 7) is 4.03. The van der Waals surface area contributed by atoms with Crippen LogP contribution in [-0.2, 0) is 11.2 Å². The number of amides is 1. The number of rotatable bonds is 5. The molecule has 0 bridgehead atoms. The van der Waals surface area contributed by atoms with Crippen LogP contribution in [0.25, 0.3) is 17.1 Å². The molecule has 0 aromatic carbocycles. The molecular weight excluding hydrogens is 356 g/mol. The van der Waals surface area contributed by atoms with Gasteiger partial charge in [0.25, 0.3) is 5.89 Å². The summed E-state index contributed by atoms with van der Waals surface area (Å²) in [7, 11) is 0. The second-order valence-electron chi connectivity index (χ2n) is 7.81. The highest BCUT2D eigenvalue weighted by Crippen LogP contribution is 2.21. The molecule has 0 saturated heterocycles. The van der Waals surface area contributed by atoms with Crippen molar-refractivity contribution in [3.63, 3.8) is 0 Å². The van der Waals surface area contributed by atoms with Gasteiger partial charge in [-0.3, -0.25) is 9.20 Å². The van der Waals surface area contributed by atoms with Crippen LogP contribution in [0.5, 0.6) is 0 Å². The number of hydrogen-bond acceptors (Lipinski definition) is 6. The van der Waals surface area contributed by atoms with E-state index in [2.05, 4.69) is 25.7 Å². The Bertz CT molecular complexity index is 953. The zero-order chi connectivity index (χ0) is 19.5. The zero-order valence-electron chi connectivity index (χ0n) is 16.4. The van der Waals surface area contributed by atoms with Gasteiger partial charge in [0.1, 0.15) is 5.82 Å². The summed E-state index contributed by atoms with van der Waals surface area (Å²) in [5.74, 6) is 1.96. The van der Waals surface area contributed by atoms with Gasteiger partial charge in [-0.1, -0.05) is 44.7 Å². The Kier molecular flexibility index (Phi) is 5.36. The Morgan fingerprint density at radius 1 is 1.25 bits per heavy atom. The number of fused-ring (bicyclic) bond motifs is 1. The molecule has 4 rings (SSSR count). The summed E-state index contributed by atoms with van der Waals surface area (Å²) in [6, 6.07) is 4.01. The number of carbonyl (C=O) groups is 1. The molecule has 148 valence electrons. The second-order valence-corrected chi connectivity index (χ2v) is 7.81. The molecule has 1 saturated carbocycles. The summed E-state index contributed by atoms with van der Waals surface area (Å²) in [5, 5.41) is 15.6. The number of pyridine rings is 1. The highest BCUT2D eigenvalue weighted by Gasteiger charge is 2.18. The van der Waals surface area contributed by atoms with Crippen LogP contribution in [0.1, 0.15) is 69.9 Å². The van der Waals surface area contributed by atoms with Gasteiger partial charge in [-0.2, -0.15) is 4.98 Å². The van der Waals surface area contributed by atoms with Crippen LogP contribution in [-0.4, -0.2) is 36.7 Å². The highest BCUT2D eigenvalue weighted by molar-refractivity contribution is 5.78. The summed E-state index contributed by atoms with van der Waals surface area (Å²) >= 11 is 0. The van der Waals surface area contributed by atoms with Crippen molar-refractivity contribution in [2.75, 3.05) is 0 Å². The van der Waals surface area contributed by atoms with Gasteiger partial charge in [-0.05, 0) is 25.0 Å². The van der Waals surface area contributed by atoms with Crippen LogP contribution in [0, 0.1) is 0 Å². The van der Waals surface area contributed by atoms with E-state index < -0.39 is 0 Å². The molecule has 8 heteroatoms. The number of hydrogen-bond donors (Lipinski definition) is 1. The summed E-state index contributed by atoms with van der Waals surface area (Å²) in [6.07, 6.45) is 9.11. The molecule has 1 aliphatic carbocycles. The summed E-state index contributed by atoms with van der Waals surface area (Å²) < 4.78 is 7.17. The molecule has 28 heavy (non-hydrogen) atoms. The smallest absolute Gasteiger partial charge is 0.258 e. The standard InChI is InChI=1S/C20H26N6O2/c1-13(2)19-22-20(28-25-19)14-9-10-26-16(11-14)23-24-17(26)12-18(27)21-15-7-5-3-4-6-8-15/h9-11,13,15H,3-8,12H2,1-2H3,(H,21,27). The first kappa shape index (κ1) is 18.6. The minimum Gasteiger partial charge on any atom is -0.353 e. The van der Waals surface area contributed by atoms with E-state index in [-0.39, 0.29) is 24.3 Å². The van der Waals surface area contributed by atoms with E-state index in [0.717, 1.165) is 18.4 Å². The van der Waals surface area contributed by atoms with Crippen LogP contribution < -0.4 is 5.32 Å². The van der Waals surface area contributed by atoms with Gasteiger partial charge in [0.2, 0.25) is 5.91 Å². The second kappa shape index (κ2) is 8.08. The van der Waals surface area contributed by atoms with Gasteiger partial charge in [0.05, 0.1) is 6.42 Å². The molecule has 1 amide bonds. The van der Waals surface area contributed by atoms with E-state index in [1.54, 1.807) is 0 Å². The van der Waals surface area contributed by atoms with E-state index in [1.807, 2.05) is 36.6 Å². The Labute approximate surface area is 163 Å². The average Bonchev–Trinajstić information content (AvgIpc) is 3.24. The Balaban J connectivity index is 1.47. The molecule has 3 aromatic heterocycles. The third kappa shape index (κ3) is 4.05. The van der Waals surface area contributed by atoms with Gasteiger partial charge in [0.15, 0.2) is 11.5 Å². The van der Waals surface area contributed by atoms with Crippen molar-refractivity contribution in [2.24, 2.45) is 0 Å². The van der Waals surface area contributed by atoms with Crippen LogP contribution in [0.15, 0.2) is 22.9 Å². The van der Waals surface area contributed by atoms with Crippen molar-refractivity contribution in [1.29, 1.82) is 0 Å². The first-order valence-corrected chi connectivity index (χ1v) is 10.1. The molecule has 0 radical (unpaired) electrons. The molecule has 0 spiro atoms. The molecule has 1 aliphatic rings. The minimum absolute atomic E-state index is 0.00347. The van der Waals surface area contributed by atoms with E-state index in [9.17, 15) is 4.79 Å². The minimum atomic E-state index is 0.00347. The van der Waals surface area contributed by atoms with Crippen molar-refractivity contribution in [2.45, 2.75) is 70.8 Å². The Morgan fingerprint density at radius 3 is 2.75 bits per heavy atom. The van der Waals surface area contributed by atoms with Crippen molar-refractivity contribution >= 4 is 11.6 Å². The van der Waals surface area contributed by atoms with Crippen LogP contribution in [0.3, 0.4) is 0 Å². The summed E-state index contributed by atoms with van der Waals surface area (Å²) in [5.41, 5.74) is 1.44. The number of carbonyl (C=O) groups excluding carboxylic acids is 1. The third-order valence-corrected chi connectivity index (χ3v) is 5.22. The van der Waals surface area contributed by atoms with E-state index in [1.165, 1.54) is 25.7 Å². The van der Waals surface area contributed by atoms with E-state index >= 15 is 0 Å². The lowest BCUT2D eigenvalue weighted by Crippen LogP contribution is -2.35. The Hall–Kier alpha value is -2.77. The predicted octanol–water partition coefficient (Wildman–Crippen LogP) is 3.28. The maximum atomic E-state index is 12.5. The van der Waals surface area contributed by atoms with E-state index in [0.29, 0.717) is 23.2 Å². The van der Waals surface area contributed by atoms with Crippen LogP contribution in [0.4, 0.5) is 0 Å². The normalized spacial score (nSPS) is 15.8. The molecule has 3 aromatic rings. The molecule has 8 nitrogen and oxygen atoms in total. The largest absolute Gasteiger partial charge is 0.353 e. The SMILES string of the molecule is CC(C)c1noc(-c2ccn3c(CC(=O)NC4CCCCCC4)nnc3c2)n1. The maximum absolute atomic E-state index is 12.5. The van der Waals surface area contributed by atoms with Gasteiger partial charge in [0, 0.05) is 23.7 Å². The van der Waals surface area contributed by atoms with Crippen LogP contribution >= 0.6 is 0 Å². The van der Waals surface area contributed by atoms with Gasteiger partial charge in [-0.25, -0.2) is 0 Å². The Morgan fingerprint density at radius 2 is 2.04 bits per heavy atom. The number of nitrogens with zero attached hydrogens (tertiary/aromatic N) is 5. The van der Waals surface area contributed by atoms with Gasteiger partial charge >= 0.3 is 0 Å². The highest BCUT2D eigenvalue weighted by atomic mass is 16.5. The predicted molar refractivity (Wildman–Crippen MR) is 104 cm³/mol. The lowest BCUT2D eigenvalue weighted by Gasteiger charge is -2.15. The summed E-state index contributed by atoms with van der Waals surface area (Å²) in [4.78, 5) is 16.9. The lowest BCUT2D eigenvalue weighted by molar-refractivity contribution is -0.121. The van der Waals surface area contributed by atoms with Crippen molar-refractivity contribution in [1.82, 2.24) is 30.1 Å². The topological polar surface area (TPSA) is 98.2 Å². The fourth-order valence-electron chi connectivity index (χ4n) is 3.63. The number of aromatic nitrogens is 5. The van der Waals surface area contributed by atoms with Gasteiger partial charge < -0.3 is 9.84 Å². The fraction of sp³-hybridized carbons (Fsp3) is 0.550. The molecule has 0 atom stereocenters. The first-order valence-electron chi connectivity index (χ1n) is 10.1. The molecular formula is C20H26N6O2. The lowest BCUT2D eigenvalue weighted by atomic mass is 10.1. The molecule has 1 N–H and O–H groups in total. The quantitative estimate of drug-likeness (QED) is 0.680. The maximum Gasteiger partial charge on any atom is 0.258 e. The van der Waals surface area contributed by atoms with Crippen molar-refractivity contribution < 1.29 is 9.32 Å². The first-order chi connectivity index (χ1) is 13.6. The van der Waals surface area contributed by atoms with Crippen LogP contribution in [0.2, 0.25) is 0 Å². The van der Waals surface area contributed by atoms with Crippen molar-refractivity contribution in [3.05, 3.63) is 30.0 Å². The molecule has 3 heterocycles. The molecule has 0 unspecified atom stereocenters. The fourth-order valence-corrected chi connectivity index (χ4v) is 3.63. The monoisotopic (exact) mass is 382 g/mol. The van der Waals surface area contributed by atoms with Crippen molar-refractivity contribution in [3.8, 4) is 11.5 Å². The average molecular weight is 382 g/mol. The number of nitrogens with one attached hydrogen (secondary N) is 1. The molecule has 1 fully saturated rings. The van der Waals surface area contributed by atoms with E-state index in [4.69, 9.17) is 4.52 Å². The van der Waals surface area contributed by atoms with Gasteiger partial charge in [-0.15, -0.1) is 10.2 Å².